The van der Waals surface area contributed by atoms with E-state index in [-0.39, 0.29) is 18.7 Å². The van der Waals surface area contributed by atoms with Gasteiger partial charge in [-0.15, -0.1) is 0 Å². The van der Waals surface area contributed by atoms with Gasteiger partial charge in [0, 0.05) is 0 Å². The summed E-state index contributed by atoms with van der Waals surface area (Å²) >= 11 is 0. The summed E-state index contributed by atoms with van der Waals surface area (Å²) < 4.78 is 13.4. The fourth-order valence-corrected chi connectivity index (χ4v) is 2.43. The zero-order valence-electron chi connectivity index (χ0n) is 13.1. The fourth-order valence-electron chi connectivity index (χ4n) is 2.43. The average Bonchev–Trinajstić information content (AvgIpc) is 2.85. The molecule has 2 aromatic carbocycles. The molecular formula is C19H13FN2O3. The molecule has 0 fully saturated rings. The molecule has 0 spiro atoms. The molecule has 0 radical (unpaired) electrons. The Hall–Kier alpha value is -3.46. The van der Waals surface area contributed by atoms with E-state index in [4.69, 9.17) is 0 Å². The first-order valence-electron chi connectivity index (χ1n) is 7.53. The van der Waals surface area contributed by atoms with Crippen LogP contribution in [-0.2, 0) is 4.79 Å². The molecule has 0 saturated heterocycles. The van der Waals surface area contributed by atoms with Gasteiger partial charge in [-0.3, -0.25) is 19.3 Å². The van der Waals surface area contributed by atoms with Crippen LogP contribution in [-0.4, -0.2) is 35.7 Å². The van der Waals surface area contributed by atoms with Crippen molar-refractivity contribution in [1.29, 1.82) is 0 Å². The lowest BCUT2D eigenvalue weighted by molar-refractivity contribution is -0.121. The molecule has 3 rings (SSSR count). The zero-order valence-corrected chi connectivity index (χ0v) is 13.1. The van der Waals surface area contributed by atoms with Gasteiger partial charge in [0.25, 0.3) is 11.8 Å². The molecule has 5 nitrogen and oxygen atoms in total. The van der Waals surface area contributed by atoms with E-state index in [0.29, 0.717) is 11.1 Å². The van der Waals surface area contributed by atoms with Crippen molar-refractivity contribution < 1.29 is 18.8 Å². The molecule has 0 saturated carbocycles. The summed E-state index contributed by atoms with van der Waals surface area (Å²) in [4.78, 5) is 37.1. The highest BCUT2D eigenvalue weighted by Gasteiger charge is 2.36. The van der Waals surface area contributed by atoms with Crippen molar-refractivity contribution in [2.24, 2.45) is 0 Å². The number of hydrogen-bond donors (Lipinski definition) is 1. The number of carbonyl (C=O) groups is 3. The van der Waals surface area contributed by atoms with Crippen LogP contribution < -0.4 is 5.32 Å². The maximum atomic E-state index is 13.4. The molecule has 0 unspecified atom stereocenters. The number of nitrogens with zero attached hydrogens (tertiary/aromatic N) is 1. The maximum Gasteiger partial charge on any atom is 0.262 e. The summed E-state index contributed by atoms with van der Waals surface area (Å²) in [6.45, 7) is -0.399. The normalized spacial score (nSPS) is 12.4. The monoisotopic (exact) mass is 336 g/mol. The van der Waals surface area contributed by atoms with Gasteiger partial charge in [0.2, 0.25) is 5.91 Å². The van der Waals surface area contributed by atoms with Crippen molar-refractivity contribution in [2.75, 3.05) is 13.1 Å². The summed E-state index contributed by atoms with van der Waals surface area (Å²) in [5.41, 5.74) is 0.816. The summed E-state index contributed by atoms with van der Waals surface area (Å²) in [6, 6.07) is 12.5. The standard InChI is InChI=1S/C19H13FN2O3/c20-16-10-4-1-6-13(16)7-5-11-21-17(23)12-22-18(24)14-8-2-3-9-15(14)19(22)25/h1-4,6,8-10H,11-12H2,(H,21,23). The van der Waals surface area contributed by atoms with Crippen molar-refractivity contribution in [3.63, 3.8) is 0 Å². The maximum absolute atomic E-state index is 13.4. The van der Waals surface area contributed by atoms with E-state index in [1.54, 1.807) is 36.4 Å². The number of rotatable bonds is 3. The van der Waals surface area contributed by atoms with Gasteiger partial charge in [-0.1, -0.05) is 36.1 Å². The second-order valence-corrected chi connectivity index (χ2v) is 5.30. The Morgan fingerprint density at radius 3 is 2.24 bits per heavy atom. The van der Waals surface area contributed by atoms with E-state index in [2.05, 4.69) is 17.2 Å². The van der Waals surface area contributed by atoms with Crippen molar-refractivity contribution >= 4 is 17.7 Å². The zero-order chi connectivity index (χ0) is 17.8. The summed E-state index contributed by atoms with van der Waals surface area (Å²) in [5, 5.41) is 2.49. The molecule has 0 aliphatic carbocycles. The minimum Gasteiger partial charge on any atom is -0.344 e. The first-order chi connectivity index (χ1) is 12.1. The topological polar surface area (TPSA) is 66.5 Å². The number of nitrogens with one attached hydrogen (secondary N) is 1. The molecule has 1 aliphatic heterocycles. The Kier molecular flexibility index (Phi) is 4.57. The van der Waals surface area contributed by atoms with Crippen LogP contribution in [0.3, 0.4) is 0 Å². The molecule has 2 aromatic rings. The Morgan fingerprint density at radius 2 is 1.60 bits per heavy atom. The summed E-state index contributed by atoms with van der Waals surface area (Å²) in [5.74, 6) is 3.30. The lowest BCUT2D eigenvalue weighted by atomic mass is 10.1. The fraction of sp³-hybridized carbons (Fsp3) is 0.105. The number of halogens is 1. The van der Waals surface area contributed by atoms with E-state index < -0.39 is 23.5 Å². The molecule has 124 valence electrons. The highest BCUT2D eigenvalue weighted by molar-refractivity contribution is 6.22. The Bertz CT molecular complexity index is 893. The quantitative estimate of drug-likeness (QED) is 0.684. The van der Waals surface area contributed by atoms with Crippen molar-refractivity contribution in [1.82, 2.24) is 10.2 Å². The van der Waals surface area contributed by atoms with Gasteiger partial charge >= 0.3 is 0 Å². The minimum absolute atomic E-state index is 0.0175. The third-order valence-electron chi connectivity index (χ3n) is 3.65. The highest BCUT2D eigenvalue weighted by Crippen LogP contribution is 2.21. The number of imide groups is 1. The molecule has 0 aromatic heterocycles. The van der Waals surface area contributed by atoms with Crippen molar-refractivity contribution in [3.8, 4) is 11.8 Å². The van der Waals surface area contributed by atoms with Gasteiger partial charge < -0.3 is 5.32 Å². The first-order valence-corrected chi connectivity index (χ1v) is 7.53. The van der Waals surface area contributed by atoms with Gasteiger partial charge in [0.05, 0.1) is 23.2 Å². The summed E-state index contributed by atoms with van der Waals surface area (Å²) in [6.07, 6.45) is 0. The van der Waals surface area contributed by atoms with E-state index in [9.17, 15) is 18.8 Å². The Labute approximate surface area is 143 Å². The van der Waals surface area contributed by atoms with Gasteiger partial charge in [-0.05, 0) is 24.3 Å². The van der Waals surface area contributed by atoms with E-state index in [0.717, 1.165) is 4.90 Å². The van der Waals surface area contributed by atoms with Crippen LogP contribution in [0.25, 0.3) is 0 Å². The molecule has 1 heterocycles. The first kappa shape index (κ1) is 16.4. The molecule has 0 bridgehead atoms. The van der Waals surface area contributed by atoms with Crippen molar-refractivity contribution in [2.45, 2.75) is 0 Å². The third-order valence-corrected chi connectivity index (χ3v) is 3.65. The van der Waals surface area contributed by atoms with Crippen LogP contribution in [0.2, 0.25) is 0 Å². The number of benzene rings is 2. The van der Waals surface area contributed by atoms with Crippen LogP contribution in [0, 0.1) is 17.7 Å². The molecule has 1 aliphatic rings. The van der Waals surface area contributed by atoms with Gasteiger partial charge in [0.1, 0.15) is 12.4 Å². The molecule has 6 heteroatoms. The smallest absolute Gasteiger partial charge is 0.262 e. The predicted molar refractivity (Wildman–Crippen MR) is 88.1 cm³/mol. The molecule has 3 amide bonds. The molecule has 1 N–H and O–H groups in total. The van der Waals surface area contributed by atoms with Crippen molar-refractivity contribution in [3.05, 3.63) is 71.0 Å². The third kappa shape index (κ3) is 3.40. The molecule has 0 atom stereocenters. The molecule has 25 heavy (non-hydrogen) atoms. The van der Waals surface area contributed by atoms with E-state index in [1.807, 2.05) is 0 Å². The largest absolute Gasteiger partial charge is 0.344 e. The number of carbonyl (C=O) groups excluding carboxylic acids is 3. The van der Waals surface area contributed by atoms with Crippen LogP contribution in [0.1, 0.15) is 26.3 Å². The van der Waals surface area contributed by atoms with Gasteiger partial charge in [0.15, 0.2) is 0 Å². The lowest BCUT2D eigenvalue weighted by Crippen LogP contribution is -2.40. The van der Waals surface area contributed by atoms with E-state index >= 15 is 0 Å². The number of fused-ring (bicyclic) bond motifs is 1. The van der Waals surface area contributed by atoms with Crippen LogP contribution in [0.5, 0.6) is 0 Å². The molecular weight excluding hydrogens is 323 g/mol. The Morgan fingerprint density at radius 1 is 1.00 bits per heavy atom. The predicted octanol–water partition coefficient (Wildman–Crippen LogP) is 1.59. The van der Waals surface area contributed by atoms with Gasteiger partial charge in [-0.25, -0.2) is 4.39 Å². The van der Waals surface area contributed by atoms with Gasteiger partial charge in [-0.2, -0.15) is 0 Å². The second-order valence-electron chi connectivity index (χ2n) is 5.30. The second kappa shape index (κ2) is 6.97. The average molecular weight is 336 g/mol. The SMILES string of the molecule is O=C(CN1C(=O)c2ccccc2C1=O)NCC#Cc1ccccc1F. The minimum atomic E-state index is -0.516. The highest BCUT2D eigenvalue weighted by atomic mass is 19.1. The van der Waals surface area contributed by atoms with Crippen LogP contribution >= 0.6 is 0 Å². The summed E-state index contributed by atoms with van der Waals surface area (Å²) in [7, 11) is 0. The number of hydrogen-bond acceptors (Lipinski definition) is 3. The van der Waals surface area contributed by atoms with Crippen LogP contribution in [0.4, 0.5) is 4.39 Å². The number of amides is 3. The lowest BCUT2D eigenvalue weighted by Gasteiger charge is -2.12. The Balaban J connectivity index is 1.57. The van der Waals surface area contributed by atoms with E-state index in [1.165, 1.54) is 12.1 Å². The van der Waals surface area contributed by atoms with Crippen LogP contribution in [0.15, 0.2) is 48.5 Å².